The first-order valence-electron chi connectivity index (χ1n) is 8.81. The number of benzene rings is 1. The minimum Gasteiger partial charge on any atom is -0.446 e. The summed E-state index contributed by atoms with van der Waals surface area (Å²) < 4.78 is 29.3. The van der Waals surface area contributed by atoms with Crippen LogP contribution in [0.4, 0.5) is 0 Å². The molecule has 118 valence electrons. The first kappa shape index (κ1) is 12.5. The van der Waals surface area contributed by atoms with Crippen molar-refractivity contribution in [3.63, 3.8) is 0 Å². The predicted molar refractivity (Wildman–Crippen MR) is 90.8 cm³/mol. The summed E-state index contributed by atoms with van der Waals surface area (Å²) in [6.45, 7) is -0.381. The normalized spacial score (nSPS) is 30.8. The van der Waals surface area contributed by atoms with Crippen LogP contribution in [0.2, 0.25) is 5.02 Å². The smallest absolute Gasteiger partial charge is 0.304 e. The number of esters is 1. The van der Waals surface area contributed by atoms with Crippen LogP contribution in [-0.2, 0) is 9.53 Å². The van der Waals surface area contributed by atoms with Gasteiger partial charge < -0.3 is 4.74 Å². The maximum Gasteiger partial charge on any atom is 0.304 e. The molecule has 1 aromatic carbocycles. The third kappa shape index (κ3) is 3.19. The summed E-state index contributed by atoms with van der Waals surface area (Å²) in [6, 6.07) is 7.66. The van der Waals surface area contributed by atoms with Crippen molar-refractivity contribution in [1.29, 1.82) is 0 Å². The second-order valence-electron chi connectivity index (χ2n) is 5.49. The average molecular weight is 341 g/mol. The molecular formula is C17H20ClNO2S. The maximum atomic E-state index is 11.4. The summed E-state index contributed by atoms with van der Waals surface area (Å²) in [4.78, 5) is 12.5. The molecule has 22 heavy (non-hydrogen) atoms. The minimum absolute atomic E-state index is 0.0969. The van der Waals surface area contributed by atoms with Crippen LogP contribution in [0.3, 0.4) is 0 Å². The van der Waals surface area contributed by atoms with Gasteiger partial charge in [0.2, 0.25) is 0 Å². The number of rotatable bonds is 2. The number of carbonyl (C=O) groups is 1. The quantitative estimate of drug-likeness (QED) is 0.815. The zero-order chi connectivity index (χ0) is 18.2. The van der Waals surface area contributed by atoms with Crippen LogP contribution >= 0.6 is 23.4 Å². The molecule has 3 atom stereocenters. The highest BCUT2D eigenvalue weighted by atomic mass is 35.5. The molecule has 3 rings (SSSR count). The topological polar surface area (TPSA) is 38.3 Å². The zero-order valence-corrected chi connectivity index (χ0v) is 13.8. The Morgan fingerprint density at radius 2 is 2.32 bits per heavy atom. The molecule has 3 nitrogen and oxygen atoms in total. The van der Waals surface area contributed by atoms with Gasteiger partial charge in [0.15, 0.2) is 6.23 Å². The van der Waals surface area contributed by atoms with Crippen molar-refractivity contribution >= 4 is 29.3 Å². The van der Waals surface area contributed by atoms with Crippen LogP contribution in [0, 0.1) is 5.92 Å². The molecule has 0 spiro atoms. The van der Waals surface area contributed by atoms with Crippen molar-refractivity contribution in [2.45, 2.75) is 38.1 Å². The monoisotopic (exact) mass is 340 g/mol. The Kier molecular flexibility index (Phi) is 3.76. The number of carbonyl (C=O) groups excluding carboxylic acids is 1. The number of hydrogen-bond donors (Lipinski definition) is 1. The molecule has 0 saturated carbocycles. The van der Waals surface area contributed by atoms with Crippen molar-refractivity contribution < 1.29 is 13.6 Å². The average Bonchev–Trinajstić information content (AvgIpc) is 2.81. The molecule has 1 N–H and O–H groups in total. The summed E-state index contributed by atoms with van der Waals surface area (Å²) in [5.41, 5.74) is 1.88. The summed E-state index contributed by atoms with van der Waals surface area (Å²) in [5, 5.41) is 3.87. The number of ether oxygens (including phenoxy) is 1. The van der Waals surface area contributed by atoms with Crippen LogP contribution in [0.1, 0.15) is 41.5 Å². The van der Waals surface area contributed by atoms with E-state index >= 15 is 0 Å². The lowest BCUT2D eigenvalue weighted by molar-refractivity contribution is -0.149. The van der Waals surface area contributed by atoms with Gasteiger partial charge in [-0.3, -0.25) is 10.1 Å². The van der Waals surface area contributed by atoms with Crippen LogP contribution < -0.4 is 5.32 Å². The fraction of sp³-hybridized carbons (Fsp3) is 0.471. The highest BCUT2D eigenvalue weighted by molar-refractivity contribution is 8.03. The first-order chi connectivity index (χ1) is 11.8. The van der Waals surface area contributed by atoms with Gasteiger partial charge in [0.05, 0.1) is 0 Å². The Labute approximate surface area is 144 Å². The van der Waals surface area contributed by atoms with Gasteiger partial charge in [-0.2, -0.15) is 0 Å². The minimum atomic E-state index is -2.26. The molecular weight excluding hydrogens is 318 g/mol. The summed E-state index contributed by atoms with van der Waals surface area (Å²) in [7, 11) is 0. The SMILES string of the molecule is [2H]C([2H])([2H])C1C2=C(CCNC1OC(C)=O)S[C@@H](c1ccccc1Cl)C2. The number of thioether (sulfide) groups is 1. The van der Waals surface area contributed by atoms with Gasteiger partial charge in [0.25, 0.3) is 0 Å². The summed E-state index contributed by atoms with van der Waals surface area (Å²) in [5.74, 6) is -1.32. The lowest BCUT2D eigenvalue weighted by Crippen LogP contribution is -2.38. The lowest BCUT2D eigenvalue weighted by Gasteiger charge is -2.24. The maximum absolute atomic E-state index is 11.4. The fourth-order valence-corrected chi connectivity index (χ4v) is 4.80. The molecule has 2 aliphatic rings. The molecule has 5 heteroatoms. The Morgan fingerprint density at radius 1 is 1.50 bits per heavy atom. The molecule has 0 fully saturated rings. The molecule has 0 aliphatic carbocycles. The van der Waals surface area contributed by atoms with Gasteiger partial charge in [-0.05, 0) is 29.4 Å². The van der Waals surface area contributed by atoms with Gasteiger partial charge in [-0.1, -0.05) is 42.2 Å². The predicted octanol–water partition coefficient (Wildman–Crippen LogP) is 4.29. The van der Waals surface area contributed by atoms with E-state index < -0.39 is 25.0 Å². The van der Waals surface area contributed by atoms with Gasteiger partial charge in [0, 0.05) is 33.8 Å². The highest BCUT2D eigenvalue weighted by Gasteiger charge is 2.35. The van der Waals surface area contributed by atoms with Crippen LogP contribution in [-0.4, -0.2) is 18.7 Å². The molecule has 0 bridgehead atoms. The Hall–Kier alpha value is -0.970. The fourth-order valence-electron chi connectivity index (χ4n) is 2.95. The molecule has 0 saturated heterocycles. The molecule has 0 radical (unpaired) electrons. The van der Waals surface area contributed by atoms with E-state index in [-0.39, 0.29) is 5.25 Å². The van der Waals surface area contributed by atoms with E-state index in [4.69, 9.17) is 20.5 Å². The van der Waals surface area contributed by atoms with E-state index in [0.717, 1.165) is 22.5 Å². The van der Waals surface area contributed by atoms with Crippen molar-refractivity contribution in [2.24, 2.45) is 5.92 Å². The van der Waals surface area contributed by atoms with Crippen molar-refractivity contribution in [3.05, 3.63) is 45.3 Å². The van der Waals surface area contributed by atoms with Gasteiger partial charge in [-0.15, -0.1) is 11.8 Å². The van der Waals surface area contributed by atoms with E-state index in [1.165, 1.54) is 6.92 Å². The van der Waals surface area contributed by atoms with Crippen LogP contribution in [0.15, 0.2) is 34.7 Å². The second kappa shape index (κ2) is 6.65. The third-order valence-electron chi connectivity index (χ3n) is 3.97. The summed E-state index contributed by atoms with van der Waals surface area (Å²) in [6.07, 6.45) is 0.500. The molecule has 0 aromatic heterocycles. The first-order valence-corrected chi connectivity index (χ1v) is 8.56. The highest BCUT2D eigenvalue weighted by Crippen LogP contribution is 2.53. The molecule has 0 amide bonds. The van der Waals surface area contributed by atoms with E-state index in [1.807, 2.05) is 24.3 Å². The second-order valence-corrected chi connectivity index (χ2v) is 7.20. The largest absolute Gasteiger partial charge is 0.446 e. The Bertz CT molecular complexity index is 707. The molecule has 2 unspecified atom stereocenters. The van der Waals surface area contributed by atoms with Crippen molar-refractivity contribution in [2.75, 3.05) is 6.54 Å². The standard InChI is InChI=1S/C17H20ClNO2S/c1-10-13-9-16(12-5-3-4-6-14(12)18)22-15(13)7-8-19-17(10)21-11(2)20/h3-6,10,16-17,19H,7-9H2,1-2H3/t10?,16-,17?/m1/s1/i1D3. The number of hydrogen-bond acceptors (Lipinski definition) is 4. The van der Waals surface area contributed by atoms with Crippen LogP contribution in [0.5, 0.6) is 0 Å². The lowest BCUT2D eigenvalue weighted by atomic mass is 9.93. The van der Waals surface area contributed by atoms with Gasteiger partial charge >= 0.3 is 5.97 Å². The van der Waals surface area contributed by atoms with E-state index in [0.29, 0.717) is 18.0 Å². The van der Waals surface area contributed by atoms with Crippen LogP contribution in [0.25, 0.3) is 0 Å². The van der Waals surface area contributed by atoms with E-state index in [1.54, 1.807) is 11.8 Å². The van der Waals surface area contributed by atoms with E-state index in [9.17, 15) is 4.79 Å². The van der Waals surface area contributed by atoms with Crippen molar-refractivity contribution in [1.82, 2.24) is 5.32 Å². The number of nitrogens with one attached hydrogen (secondary N) is 1. The Balaban J connectivity index is 1.92. The third-order valence-corrected chi connectivity index (χ3v) is 5.77. The van der Waals surface area contributed by atoms with Gasteiger partial charge in [0.1, 0.15) is 0 Å². The molecule has 2 aliphatic heterocycles. The Morgan fingerprint density at radius 3 is 3.05 bits per heavy atom. The summed E-state index contributed by atoms with van der Waals surface area (Å²) >= 11 is 8.01. The van der Waals surface area contributed by atoms with Gasteiger partial charge in [-0.25, -0.2) is 0 Å². The van der Waals surface area contributed by atoms with Crippen molar-refractivity contribution in [3.8, 4) is 0 Å². The number of halogens is 1. The van der Waals surface area contributed by atoms with E-state index in [2.05, 4.69) is 5.32 Å². The zero-order valence-electron chi connectivity index (χ0n) is 15.3. The molecule has 1 aromatic rings. The molecule has 2 heterocycles.